The molecule has 24 heavy (non-hydrogen) atoms. The Bertz CT molecular complexity index is 793. The minimum Gasteiger partial charge on any atom is -0.468 e. The Balaban J connectivity index is 1.75. The first kappa shape index (κ1) is 17.1. The van der Waals surface area contributed by atoms with Crippen molar-refractivity contribution in [3.8, 4) is 5.69 Å². The lowest BCUT2D eigenvalue weighted by molar-refractivity contribution is -0.140. The number of carbonyl (C=O) groups excluding carboxylic acids is 1. The molecular weight excluding hydrogens is 353 g/mol. The molecule has 10 heteroatoms. The first-order valence-electron chi connectivity index (χ1n) is 7.29. The lowest BCUT2D eigenvalue weighted by Crippen LogP contribution is -2.42. The molecule has 0 spiro atoms. The summed E-state index contributed by atoms with van der Waals surface area (Å²) in [4.78, 5) is 13.8. The summed E-state index contributed by atoms with van der Waals surface area (Å²) in [6, 6.07) is 6.01. The molecule has 1 aromatic heterocycles. The molecule has 0 saturated carbocycles. The van der Waals surface area contributed by atoms with Crippen LogP contribution in [0.2, 0.25) is 0 Å². The summed E-state index contributed by atoms with van der Waals surface area (Å²) >= 11 is 6.96. The van der Waals surface area contributed by atoms with Crippen molar-refractivity contribution < 1.29 is 13.9 Å². The van der Waals surface area contributed by atoms with Crippen molar-refractivity contribution in [2.75, 3.05) is 26.0 Å². The summed E-state index contributed by atoms with van der Waals surface area (Å²) in [6.45, 7) is 1.79. The molecule has 2 aromatic rings. The van der Waals surface area contributed by atoms with E-state index in [1.54, 1.807) is 28.6 Å². The maximum absolute atomic E-state index is 13.4. The Kier molecular flexibility index (Phi) is 5.27. The number of ether oxygens (including phenoxy) is 1. The van der Waals surface area contributed by atoms with Crippen LogP contribution in [0.3, 0.4) is 0 Å². The molecule has 0 radical (unpaired) electrons. The molecule has 1 atom stereocenters. The van der Waals surface area contributed by atoms with E-state index in [2.05, 4.69) is 15.3 Å². The third-order valence-corrected chi connectivity index (χ3v) is 5.19. The lowest BCUT2D eigenvalue weighted by Gasteiger charge is -2.30. The smallest absolute Gasteiger partial charge is 0.320 e. The molecule has 7 nitrogen and oxygen atoms in total. The fourth-order valence-corrected chi connectivity index (χ4v) is 3.86. The number of hydrogen-bond acceptors (Lipinski definition) is 7. The highest BCUT2D eigenvalue weighted by Gasteiger charge is 2.27. The van der Waals surface area contributed by atoms with Crippen LogP contribution in [0, 0.1) is 10.6 Å². The van der Waals surface area contributed by atoms with E-state index >= 15 is 0 Å². The van der Waals surface area contributed by atoms with Crippen molar-refractivity contribution in [3.05, 3.63) is 34.9 Å². The zero-order valence-electron chi connectivity index (χ0n) is 13.0. The van der Waals surface area contributed by atoms with Crippen LogP contribution < -0.4 is 0 Å². The molecule has 1 aliphatic heterocycles. The number of tetrazole rings is 1. The molecule has 1 fully saturated rings. The van der Waals surface area contributed by atoms with Gasteiger partial charge in [0.25, 0.3) is 0 Å². The van der Waals surface area contributed by atoms with Crippen molar-refractivity contribution in [2.24, 2.45) is 0 Å². The van der Waals surface area contributed by atoms with Gasteiger partial charge >= 0.3 is 5.97 Å². The Morgan fingerprint density at radius 3 is 3.08 bits per heavy atom. The molecule has 128 valence electrons. The zero-order valence-corrected chi connectivity index (χ0v) is 14.6. The van der Waals surface area contributed by atoms with Gasteiger partial charge in [-0.05, 0) is 40.8 Å². The number of carbonyl (C=O) groups is 1. The SMILES string of the molecule is COC(=O)[C@@H]1CN(Cn2nnn(-c3cccc(F)c3)c2=S)CCS1. The van der Waals surface area contributed by atoms with Crippen LogP contribution >= 0.6 is 24.0 Å². The number of methoxy groups -OCH3 is 1. The van der Waals surface area contributed by atoms with E-state index in [1.165, 1.54) is 23.9 Å². The summed E-state index contributed by atoms with van der Waals surface area (Å²) in [5, 5.41) is 7.83. The molecule has 0 N–H and O–H groups in total. The van der Waals surface area contributed by atoms with Crippen LogP contribution in [-0.4, -0.2) is 61.9 Å². The molecule has 2 heterocycles. The molecule has 1 saturated heterocycles. The van der Waals surface area contributed by atoms with Gasteiger partial charge in [0.15, 0.2) is 0 Å². The largest absolute Gasteiger partial charge is 0.468 e. The van der Waals surface area contributed by atoms with Crippen molar-refractivity contribution >= 4 is 29.9 Å². The van der Waals surface area contributed by atoms with Gasteiger partial charge in [0.2, 0.25) is 4.77 Å². The summed E-state index contributed by atoms with van der Waals surface area (Å²) in [7, 11) is 1.39. The van der Waals surface area contributed by atoms with E-state index < -0.39 is 0 Å². The maximum atomic E-state index is 13.4. The number of nitrogens with zero attached hydrogens (tertiary/aromatic N) is 5. The summed E-state index contributed by atoms with van der Waals surface area (Å²) in [6.07, 6.45) is 0. The Morgan fingerprint density at radius 1 is 1.50 bits per heavy atom. The van der Waals surface area contributed by atoms with Crippen LogP contribution in [0.4, 0.5) is 4.39 Å². The van der Waals surface area contributed by atoms with Crippen molar-refractivity contribution in [1.29, 1.82) is 0 Å². The maximum Gasteiger partial charge on any atom is 0.320 e. The number of aromatic nitrogens is 4. The molecule has 1 aromatic carbocycles. The number of hydrogen-bond donors (Lipinski definition) is 0. The number of thioether (sulfide) groups is 1. The second-order valence-electron chi connectivity index (χ2n) is 5.25. The molecule has 0 unspecified atom stereocenters. The highest BCUT2D eigenvalue weighted by Crippen LogP contribution is 2.20. The van der Waals surface area contributed by atoms with Gasteiger partial charge in [0, 0.05) is 18.8 Å². The molecule has 1 aliphatic rings. The number of benzene rings is 1. The monoisotopic (exact) mass is 369 g/mol. The summed E-state index contributed by atoms with van der Waals surface area (Å²) < 4.78 is 21.5. The van der Waals surface area contributed by atoms with Crippen LogP contribution in [-0.2, 0) is 16.2 Å². The highest BCUT2D eigenvalue weighted by molar-refractivity contribution is 8.00. The van der Waals surface area contributed by atoms with Crippen molar-refractivity contribution in [1.82, 2.24) is 24.7 Å². The third kappa shape index (κ3) is 3.65. The van der Waals surface area contributed by atoms with Crippen LogP contribution in [0.5, 0.6) is 0 Å². The van der Waals surface area contributed by atoms with Gasteiger partial charge < -0.3 is 4.74 Å². The van der Waals surface area contributed by atoms with Gasteiger partial charge in [-0.1, -0.05) is 6.07 Å². The van der Waals surface area contributed by atoms with Crippen LogP contribution in [0.1, 0.15) is 0 Å². The van der Waals surface area contributed by atoms with E-state index in [9.17, 15) is 9.18 Å². The second kappa shape index (κ2) is 7.41. The van der Waals surface area contributed by atoms with Gasteiger partial charge in [-0.25, -0.2) is 9.07 Å². The van der Waals surface area contributed by atoms with Crippen molar-refractivity contribution in [3.63, 3.8) is 0 Å². The normalized spacial score (nSPS) is 18.5. The van der Waals surface area contributed by atoms with Crippen LogP contribution in [0.25, 0.3) is 5.69 Å². The number of rotatable bonds is 4. The zero-order chi connectivity index (χ0) is 17.1. The molecule has 3 rings (SSSR count). The van der Waals surface area contributed by atoms with Crippen molar-refractivity contribution in [2.45, 2.75) is 11.9 Å². The lowest BCUT2D eigenvalue weighted by atomic mass is 10.3. The molecule has 0 bridgehead atoms. The molecule has 0 aliphatic carbocycles. The van der Waals surface area contributed by atoms with Crippen LogP contribution in [0.15, 0.2) is 24.3 Å². The van der Waals surface area contributed by atoms with Gasteiger partial charge in [0.05, 0.1) is 19.5 Å². The van der Waals surface area contributed by atoms with Gasteiger partial charge in [-0.2, -0.15) is 4.68 Å². The minimum absolute atomic E-state index is 0.212. The topological polar surface area (TPSA) is 65.2 Å². The molecular formula is C14H16FN5O2S2. The van der Waals surface area contributed by atoms with Gasteiger partial charge in [-0.3, -0.25) is 9.69 Å². The summed E-state index contributed by atoms with van der Waals surface area (Å²) in [5.41, 5.74) is 0.521. The fraction of sp³-hybridized carbons (Fsp3) is 0.429. The Morgan fingerprint density at radius 2 is 2.33 bits per heavy atom. The standard InChI is InChI=1S/C14H16FN5O2S2/c1-22-13(21)12-8-18(5-6-24-12)9-19-14(23)20(17-16-19)11-4-2-3-10(15)7-11/h2-4,7,12H,5-6,8-9H2,1H3/t12-/m0/s1. The Hall–Kier alpha value is -1.78. The van der Waals surface area contributed by atoms with E-state index in [0.29, 0.717) is 23.7 Å². The highest BCUT2D eigenvalue weighted by atomic mass is 32.2. The first-order chi connectivity index (χ1) is 11.6. The Labute approximate surface area is 147 Å². The molecule has 0 amide bonds. The second-order valence-corrected chi connectivity index (χ2v) is 6.93. The quantitative estimate of drug-likeness (QED) is 0.597. The van der Waals surface area contributed by atoms with E-state index in [-0.39, 0.29) is 17.0 Å². The minimum atomic E-state index is -0.363. The van der Waals surface area contributed by atoms with E-state index in [4.69, 9.17) is 17.0 Å². The fourth-order valence-electron chi connectivity index (χ4n) is 2.43. The average molecular weight is 369 g/mol. The van der Waals surface area contributed by atoms with E-state index in [1.807, 2.05) is 0 Å². The predicted molar refractivity (Wildman–Crippen MR) is 90.0 cm³/mol. The summed E-state index contributed by atoms with van der Waals surface area (Å²) in [5.74, 6) is 0.236. The van der Waals surface area contributed by atoms with Gasteiger partial charge in [-0.15, -0.1) is 11.8 Å². The third-order valence-electron chi connectivity index (χ3n) is 3.64. The number of halogens is 1. The van der Waals surface area contributed by atoms with Gasteiger partial charge in [0.1, 0.15) is 11.1 Å². The van der Waals surface area contributed by atoms with E-state index in [0.717, 1.165) is 12.3 Å². The predicted octanol–water partition coefficient (Wildman–Crippen LogP) is 1.49. The average Bonchev–Trinajstić information content (AvgIpc) is 2.95. The first-order valence-corrected chi connectivity index (χ1v) is 8.75. The number of esters is 1.